The van der Waals surface area contributed by atoms with Crippen LogP contribution in [0.5, 0.6) is 0 Å². The monoisotopic (exact) mass is 221 g/mol. The van der Waals surface area contributed by atoms with Crippen molar-refractivity contribution in [3.63, 3.8) is 0 Å². The van der Waals surface area contributed by atoms with Crippen LogP contribution in [0, 0.1) is 0 Å². The molecule has 0 spiro atoms. The van der Waals surface area contributed by atoms with Crippen molar-refractivity contribution in [2.75, 3.05) is 0 Å². The Balaban J connectivity index is 2.48. The highest BCUT2D eigenvalue weighted by molar-refractivity contribution is 6.06. The second kappa shape index (κ2) is 3.85. The summed E-state index contributed by atoms with van der Waals surface area (Å²) in [6.45, 7) is 4.45. The first-order chi connectivity index (χ1) is 8.27. The molecule has 17 heavy (non-hydrogen) atoms. The minimum atomic E-state index is 0.529. The van der Waals surface area contributed by atoms with Crippen molar-refractivity contribution in [2.45, 2.75) is 19.8 Å². The summed E-state index contributed by atoms with van der Waals surface area (Å²) in [6, 6.07) is 14.9. The van der Waals surface area contributed by atoms with Crippen LogP contribution in [0.2, 0.25) is 0 Å². The molecule has 0 fully saturated rings. The van der Waals surface area contributed by atoms with Crippen LogP contribution in [-0.4, -0.2) is 4.98 Å². The molecule has 0 unspecified atom stereocenters. The lowest BCUT2D eigenvalue weighted by molar-refractivity contribution is 0.874. The topological polar surface area (TPSA) is 12.9 Å². The number of aromatic nitrogens is 1. The summed E-state index contributed by atoms with van der Waals surface area (Å²) in [5.74, 6) is 0.529. The molecule has 1 heterocycles. The van der Waals surface area contributed by atoms with Gasteiger partial charge in [-0.3, -0.25) is 4.98 Å². The molecule has 84 valence electrons. The van der Waals surface area contributed by atoms with Crippen molar-refractivity contribution in [1.82, 2.24) is 4.98 Å². The number of nitrogens with zero attached hydrogens (tertiary/aromatic N) is 1. The maximum Gasteiger partial charge on any atom is 0.0783 e. The van der Waals surface area contributed by atoms with E-state index in [-0.39, 0.29) is 0 Å². The molecule has 1 aromatic heterocycles. The second-order valence-electron chi connectivity index (χ2n) is 4.74. The summed E-state index contributed by atoms with van der Waals surface area (Å²) < 4.78 is 0. The molecule has 2 aromatic carbocycles. The normalized spacial score (nSPS) is 11.5. The quantitative estimate of drug-likeness (QED) is 0.551. The predicted octanol–water partition coefficient (Wildman–Crippen LogP) is 4.51. The van der Waals surface area contributed by atoms with Gasteiger partial charge in [0.2, 0.25) is 0 Å². The third-order valence-electron chi connectivity index (χ3n) is 3.29. The Morgan fingerprint density at radius 2 is 1.71 bits per heavy atom. The van der Waals surface area contributed by atoms with Gasteiger partial charge in [-0.05, 0) is 22.9 Å². The molecule has 0 saturated heterocycles. The van der Waals surface area contributed by atoms with Gasteiger partial charge in [-0.2, -0.15) is 0 Å². The van der Waals surface area contributed by atoms with Crippen LogP contribution in [-0.2, 0) is 0 Å². The number of hydrogen-bond acceptors (Lipinski definition) is 1. The molecule has 1 heteroatoms. The molecule has 0 N–H and O–H groups in total. The molecule has 0 radical (unpaired) electrons. The summed E-state index contributed by atoms with van der Waals surface area (Å²) >= 11 is 0. The van der Waals surface area contributed by atoms with Crippen LogP contribution >= 0.6 is 0 Å². The first-order valence-electron chi connectivity index (χ1n) is 6.04. The molecule has 1 nitrogen and oxygen atoms in total. The van der Waals surface area contributed by atoms with E-state index < -0.39 is 0 Å². The van der Waals surface area contributed by atoms with Crippen LogP contribution in [0.1, 0.15) is 25.3 Å². The number of rotatable bonds is 1. The van der Waals surface area contributed by atoms with Gasteiger partial charge in [-0.15, -0.1) is 0 Å². The molecule has 0 amide bonds. The third-order valence-corrected chi connectivity index (χ3v) is 3.29. The smallest absolute Gasteiger partial charge is 0.0783 e. The van der Waals surface area contributed by atoms with Crippen molar-refractivity contribution in [1.29, 1.82) is 0 Å². The standard InChI is InChI=1S/C16H15N/c1-11(2)13-9-10-17-16-14-6-4-3-5-12(14)7-8-15(13)16/h3-11H,1-2H3. The Kier molecular flexibility index (Phi) is 2.32. The van der Waals surface area contributed by atoms with Crippen molar-refractivity contribution < 1.29 is 0 Å². The number of fused-ring (bicyclic) bond motifs is 3. The maximum absolute atomic E-state index is 4.55. The van der Waals surface area contributed by atoms with E-state index >= 15 is 0 Å². The first kappa shape index (κ1) is 10.3. The van der Waals surface area contributed by atoms with E-state index in [1.165, 1.54) is 21.7 Å². The summed E-state index contributed by atoms with van der Waals surface area (Å²) in [4.78, 5) is 4.55. The van der Waals surface area contributed by atoms with Crippen LogP contribution < -0.4 is 0 Å². The molecule has 0 aliphatic heterocycles. The summed E-state index contributed by atoms with van der Waals surface area (Å²) in [5.41, 5.74) is 2.50. The fourth-order valence-electron chi connectivity index (χ4n) is 2.41. The molecule has 3 rings (SSSR count). The number of benzene rings is 2. The van der Waals surface area contributed by atoms with E-state index in [2.05, 4.69) is 61.3 Å². The highest BCUT2D eigenvalue weighted by atomic mass is 14.6. The molecule has 0 bridgehead atoms. The Bertz CT molecular complexity index is 683. The van der Waals surface area contributed by atoms with Gasteiger partial charge in [-0.25, -0.2) is 0 Å². The Morgan fingerprint density at radius 3 is 2.53 bits per heavy atom. The zero-order valence-electron chi connectivity index (χ0n) is 10.1. The van der Waals surface area contributed by atoms with Gasteiger partial charge in [0, 0.05) is 17.0 Å². The lowest BCUT2D eigenvalue weighted by Crippen LogP contribution is -1.91. The van der Waals surface area contributed by atoms with E-state index in [4.69, 9.17) is 0 Å². The summed E-state index contributed by atoms with van der Waals surface area (Å²) in [5, 5.41) is 3.78. The molecular weight excluding hydrogens is 206 g/mol. The Hall–Kier alpha value is -1.89. The summed E-state index contributed by atoms with van der Waals surface area (Å²) in [6.07, 6.45) is 1.92. The van der Waals surface area contributed by atoms with Gasteiger partial charge in [-0.1, -0.05) is 50.2 Å². The van der Waals surface area contributed by atoms with Crippen molar-refractivity contribution in [3.8, 4) is 0 Å². The van der Waals surface area contributed by atoms with Gasteiger partial charge < -0.3 is 0 Å². The highest BCUT2D eigenvalue weighted by Crippen LogP contribution is 2.29. The van der Waals surface area contributed by atoms with E-state index in [1.54, 1.807) is 0 Å². The fourth-order valence-corrected chi connectivity index (χ4v) is 2.41. The van der Waals surface area contributed by atoms with Crippen LogP contribution in [0.4, 0.5) is 0 Å². The molecule has 0 atom stereocenters. The molecule has 0 aliphatic carbocycles. The van der Waals surface area contributed by atoms with Gasteiger partial charge >= 0.3 is 0 Å². The number of pyridine rings is 1. The van der Waals surface area contributed by atoms with Crippen LogP contribution in [0.15, 0.2) is 48.7 Å². The Morgan fingerprint density at radius 1 is 0.882 bits per heavy atom. The van der Waals surface area contributed by atoms with E-state index in [9.17, 15) is 0 Å². The minimum absolute atomic E-state index is 0.529. The Labute approximate surface area is 101 Å². The zero-order chi connectivity index (χ0) is 11.8. The molecular formula is C16H15N. The van der Waals surface area contributed by atoms with Gasteiger partial charge in [0.15, 0.2) is 0 Å². The van der Waals surface area contributed by atoms with Gasteiger partial charge in [0.1, 0.15) is 0 Å². The lowest BCUT2D eigenvalue weighted by Gasteiger charge is -2.10. The molecule has 3 aromatic rings. The summed E-state index contributed by atoms with van der Waals surface area (Å²) in [7, 11) is 0. The predicted molar refractivity (Wildman–Crippen MR) is 73.3 cm³/mol. The van der Waals surface area contributed by atoms with Crippen LogP contribution in [0.25, 0.3) is 21.7 Å². The number of hydrogen-bond donors (Lipinski definition) is 0. The van der Waals surface area contributed by atoms with E-state index in [0.717, 1.165) is 5.52 Å². The third kappa shape index (κ3) is 1.59. The van der Waals surface area contributed by atoms with E-state index in [1.807, 2.05) is 6.20 Å². The van der Waals surface area contributed by atoms with Crippen LogP contribution in [0.3, 0.4) is 0 Å². The fraction of sp³-hybridized carbons (Fsp3) is 0.188. The van der Waals surface area contributed by atoms with Gasteiger partial charge in [0.25, 0.3) is 0 Å². The van der Waals surface area contributed by atoms with Gasteiger partial charge in [0.05, 0.1) is 5.52 Å². The molecule has 0 saturated carbocycles. The average molecular weight is 221 g/mol. The molecule has 0 aliphatic rings. The first-order valence-corrected chi connectivity index (χ1v) is 6.04. The average Bonchev–Trinajstić information content (AvgIpc) is 2.37. The SMILES string of the molecule is CC(C)c1ccnc2c1ccc1ccccc12. The second-order valence-corrected chi connectivity index (χ2v) is 4.74. The van der Waals surface area contributed by atoms with Crippen molar-refractivity contribution in [3.05, 3.63) is 54.2 Å². The highest BCUT2D eigenvalue weighted by Gasteiger charge is 2.07. The van der Waals surface area contributed by atoms with Crippen molar-refractivity contribution >= 4 is 21.7 Å². The zero-order valence-corrected chi connectivity index (χ0v) is 10.1. The van der Waals surface area contributed by atoms with Crippen molar-refractivity contribution in [2.24, 2.45) is 0 Å². The van der Waals surface area contributed by atoms with E-state index in [0.29, 0.717) is 5.92 Å². The minimum Gasteiger partial charge on any atom is -0.256 e. The lowest BCUT2D eigenvalue weighted by atomic mass is 9.96. The largest absolute Gasteiger partial charge is 0.256 e. The maximum atomic E-state index is 4.55.